The summed E-state index contributed by atoms with van der Waals surface area (Å²) in [5.74, 6) is -0.915. The predicted molar refractivity (Wildman–Crippen MR) is 311 cm³/mol. The Labute approximate surface area is 445 Å². The lowest BCUT2D eigenvalue weighted by Crippen LogP contribution is -2.30. The maximum absolute atomic E-state index is 12.9. The highest BCUT2D eigenvalue weighted by Crippen LogP contribution is 2.16. The van der Waals surface area contributed by atoms with E-state index in [-0.39, 0.29) is 31.1 Å². The van der Waals surface area contributed by atoms with Crippen molar-refractivity contribution in [1.29, 1.82) is 0 Å². The van der Waals surface area contributed by atoms with Crippen LogP contribution in [0.1, 0.15) is 297 Å². The second kappa shape index (κ2) is 60.1. The molecule has 0 saturated heterocycles. The molecule has 0 N–H and O–H groups in total. The summed E-state index contributed by atoms with van der Waals surface area (Å²) in [6, 6.07) is 0. The van der Waals surface area contributed by atoms with E-state index in [0.29, 0.717) is 19.3 Å². The normalized spacial score (nSPS) is 12.7. The minimum absolute atomic E-state index is 0.0886. The summed E-state index contributed by atoms with van der Waals surface area (Å²) in [5.41, 5.74) is 0. The maximum atomic E-state index is 12.9. The van der Waals surface area contributed by atoms with Gasteiger partial charge in [-0.1, -0.05) is 260 Å². The number of esters is 3. The third kappa shape index (κ3) is 57.5. The Morgan fingerprint density at radius 1 is 0.306 bits per heavy atom. The molecular weight excluding hydrogens is 889 g/mol. The van der Waals surface area contributed by atoms with E-state index >= 15 is 0 Å². The van der Waals surface area contributed by atoms with Crippen LogP contribution in [-0.2, 0) is 28.6 Å². The quantitative estimate of drug-likeness (QED) is 0.0199. The first-order chi connectivity index (χ1) is 35.5. The number of ether oxygens (including phenoxy) is 3. The van der Waals surface area contributed by atoms with Crippen LogP contribution >= 0.6 is 0 Å². The number of carbonyl (C=O) groups is 3. The third-order valence-corrected chi connectivity index (χ3v) is 13.2. The van der Waals surface area contributed by atoms with Gasteiger partial charge in [0, 0.05) is 19.3 Å². The Kier molecular flexibility index (Phi) is 57.3. The van der Waals surface area contributed by atoms with Crippen molar-refractivity contribution in [2.45, 2.75) is 303 Å². The van der Waals surface area contributed by atoms with E-state index in [1.54, 1.807) is 0 Å². The number of allylic oxidation sites excluding steroid dienone is 14. The topological polar surface area (TPSA) is 78.9 Å². The highest BCUT2D eigenvalue weighted by atomic mass is 16.6. The Bertz CT molecular complexity index is 1380. The summed E-state index contributed by atoms with van der Waals surface area (Å²) >= 11 is 0. The molecule has 0 amide bonds. The second-order valence-electron chi connectivity index (χ2n) is 20.3. The fourth-order valence-corrected chi connectivity index (χ4v) is 8.56. The van der Waals surface area contributed by atoms with Crippen LogP contribution in [0.15, 0.2) is 85.1 Å². The summed E-state index contributed by atoms with van der Waals surface area (Å²) in [6.07, 6.45) is 78.6. The summed E-state index contributed by atoms with van der Waals surface area (Å²) < 4.78 is 16.9. The number of carbonyl (C=O) groups excluding carboxylic acids is 3. The van der Waals surface area contributed by atoms with Crippen LogP contribution in [0, 0.1) is 0 Å². The molecule has 0 rings (SSSR count). The van der Waals surface area contributed by atoms with Crippen molar-refractivity contribution in [2.24, 2.45) is 0 Å². The van der Waals surface area contributed by atoms with Gasteiger partial charge in [0.15, 0.2) is 6.10 Å². The first-order valence-electron chi connectivity index (χ1n) is 30.6. The molecule has 414 valence electrons. The molecule has 0 aromatic rings. The van der Waals surface area contributed by atoms with E-state index in [1.165, 1.54) is 167 Å². The minimum Gasteiger partial charge on any atom is -0.462 e. The Balaban J connectivity index is 4.42. The molecule has 6 nitrogen and oxygen atoms in total. The van der Waals surface area contributed by atoms with Crippen molar-refractivity contribution in [3.63, 3.8) is 0 Å². The van der Waals surface area contributed by atoms with Crippen molar-refractivity contribution in [1.82, 2.24) is 0 Å². The zero-order valence-electron chi connectivity index (χ0n) is 47.4. The van der Waals surface area contributed by atoms with Crippen LogP contribution in [0.2, 0.25) is 0 Å². The van der Waals surface area contributed by atoms with E-state index in [0.717, 1.165) is 89.9 Å². The van der Waals surface area contributed by atoms with Crippen LogP contribution < -0.4 is 0 Å². The van der Waals surface area contributed by atoms with Gasteiger partial charge >= 0.3 is 17.9 Å². The smallest absolute Gasteiger partial charge is 0.306 e. The first kappa shape index (κ1) is 68.6. The van der Waals surface area contributed by atoms with E-state index in [4.69, 9.17) is 14.2 Å². The molecule has 1 atom stereocenters. The van der Waals surface area contributed by atoms with E-state index < -0.39 is 6.10 Å². The van der Waals surface area contributed by atoms with Gasteiger partial charge in [-0.15, -0.1) is 0 Å². The largest absolute Gasteiger partial charge is 0.462 e. The first-order valence-corrected chi connectivity index (χ1v) is 30.6. The number of hydrogen-bond acceptors (Lipinski definition) is 6. The third-order valence-electron chi connectivity index (χ3n) is 13.2. The highest BCUT2D eigenvalue weighted by molar-refractivity contribution is 5.71. The molecule has 0 aliphatic heterocycles. The van der Waals surface area contributed by atoms with Crippen LogP contribution in [-0.4, -0.2) is 37.2 Å². The lowest BCUT2D eigenvalue weighted by Gasteiger charge is -2.18. The number of hydrogen-bond donors (Lipinski definition) is 0. The summed E-state index contributed by atoms with van der Waals surface area (Å²) in [5, 5.41) is 0. The lowest BCUT2D eigenvalue weighted by atomic mass is 10.1. The van der Waals surface area contributed by atoms with Crippen LogP contribution in [0.4, 0.5) is 0 Å². The summed E-state index contributed by atoms with van der Waals surface area (Å²) in [7, 11) is 0. The average Bonchev–Trinajstić information content (AvgIpc) is 3.38. The zero-order chi connectivity index (χ0) is 52.2. The average molecular weight is 1000 g/mol. The van der Waals surface area contributed by atoms with Crippen LogP contribution in [0.3, 0.4) is 0 Å². The van der Waals surface area contributed by atoms with Gasteiger partial charge in [-0.2, -0.15) is 0 Å². The van der Waals surface area contributed by atoms with E-state index in [2.05, 4.69) is 106 Å². The van der Waals surface area contributed by atoms with Gasteiger partial charge in [0.25, 0.3) is 0 Å². The van der Waals surface area contributed by atoms with Crippen molar-refractivity contribution >= 4 is 17.9 Å². The molecule has 0 aliphatic carbocycles. The fourth-order valence-electron chi connectivity index (χ4n) is 8.56. The van der Waals surface area contributed by atoms with Crippen molar-refractivity contribution in [3.8, 4) is 0 Å². The maximum Gasteiger partial charge on any atom is 0.306 e. The lowest BCUT2D eigenvalue weighted by molar-refractivity contribution is -0.167. The standard InChI is InChI=1S/C66H114O6/c1-4-7-10-13-16-19-22-25-28-31-33-35-38-41-44-47-50-53-56-59-65(68)71-62-63(61-70-64(67)58-55-52-49-46-43-40-37-30-27-24-21-18-15-12-9-6-3)72-66(69)60-57-54-51-48-45-42-39-36-34-32-29-26-23-20-17-14-11-8-5-2/h7,10,16-17,19-20,23,25-26,28,30,37,40,43,63H,4-6,8-9,11-15,18,21-22,24,27,29,31-36,38-39,41-42,44-62H2,1-3H3/b10-7-,19-16-,20-17-,26-23-,28-25-,37-30-,43-40-. The van der Waals surface area contributed by atoms with Gasteiger partial charge in [0.2, 0.25) is 0 Å². The van der Waals surface area contributed by atoms with Gasteiger partial charge in [0.1, 0.15) is 13.2 Å². The van der Waals surface area contributed by atoms with Crippen molar-refractivity contribution in [3.05, 3.63) is 85.1 Å². The van der Waals surface area contributed by atoms with E-state index in [1.807, 2.05) is 0 Å². The summed E-state index contributed by atoms with van der Waals surface area (Å²) in [4.78, 5) is 38.3. The molecule has 6 heteroatoms. The van der Waals surface area contributed by atoms with Crippen LogP contribution in [0.25, 0.3) is 0 Å². The monoisotopic (exact) mass is 1000 g/mol. The second-order valence-corrected chi connectivity index (χ2v) is 20.3. The van der Waals surface area contributed by atoms with Gasteiger partial charge < -0.3 is 14.2 Å². The molecule has 0 bridgehead atoms. The highest BCUT2D eigenvalue weighted by Gasteiger charge is 2.19. The number of unbranched alkanes of at least 4 members (excludes halogenated alkanes) is 32. The van der Waals surface area contributed by atoms with Crippen LogP contribution in [0.5, 0.6) is 0 Å². The van der Waals surface area contributed by atoms with Gasteiger partial charge in [0.05, 0.1) is 0 Å². The number of rotatable bonds is 55. The predicted octanol–water partition coefficient (Wildman–Crippen LogP) is 20.7. The van der Waals surface area contributed by atoms with Gasteiger partial charge in [-0.05, 0) is 103 Å². The van der Waals surface area contributed by atoms with Gasteiger partial charge in [-0.25, -0.2) is 0 Å². The van der Waals surface area contributed by atoms with E-state index in [9.17, 15) is 14.4 Å². The van der Waals surface area contributed by atoms with Crippen molar-refractivity contribution in [2.75, 3.05) is 13.2 Å². The van der Waals surface area contributed by atoms with Crippen molar-refractivity contribution < 1.29 is 28.6 Å². The molecule has 0 spiro atoms. The SMILES string of the molecule is CC/C=C\C/C=C\C/C=C\CCCCCCCCCCCC(=O)OCC(COC(=O)CCCCC/C=C\C=C/CCCCCCCCC)OC(=O)CCCCCCCCCCCC/C=C\C=C/CCCCC. The zero-order valence-corrected chi connectivity index (χ0v) is 47.4. The Hall–Kier alpha value is -3.41. The fraction of sp³-hybridized carbons (Fsp3) is 0.742. The summed E-state index contributed by atoms with van der Waals surface area (Å²) in [6.45, 7) is 6.49. The molecule has 0 aromatic carbocycles. The molecule has 72 heavy (non-hydrogen) atoms. The molecule has 0 fully saturated rings. The Morgan fingerprint density at radius 2 is 0.583 bits per heavy atom. The minimum atomic E-state index is -0.793. The Morgan fingerprint density at radius 3 is 0.972 bits per heavy atom. The molecule has 0 heterocycles. The molecule has 0 aliphatic rings. The molecule has 1 unspecified atom stereocenters. The van der Waals surface area contributed by atoms with Gasteiger partial charge in [-0.3, -0.25) is 14.4 Å². The molecule has 0 radical (unpaired) electrons. The molecule has 0 saturated carbocycles. The molecule has 0 aromatic heterocycles. The molecular formula is C66H114O6.